The molecule has 96 valence electrons. The third-order valence-electron chi connectivity index (χ3n) is 3.31. The molecule has 1 fully saturated rings. The van der Waals surface area contributed by atoms with Gasteiger partial charge in [0.2, 0.25) is 0 Å². The van der Waals surface area contributed by atoms with Crippen LogP contribution in [0.25, 0.3) is 0 Å². The predicted octanol–water partition coefficient (Wildman–Crippen LogP) is 1.64. The Kier molecular flexibility index (Phi) is 4.56. The Morgan fingerprint density at radius 1 is 1.53 bits per heavy atom. The standard InChI is InChI=1S/C13H22N2OS/c1-11-8-14(9-12(2)16)5-6-15(11)10-13-4-3-7-17-13/h3-4,7,11-12,16H,5-6,8-10H2,1-2H3/t11-,12+/m1/s1. The lowest BCUT2D eigenvalue weighted by atomic mass is 10.1. The van der Waals surface area contributed by atoms with Gasteiger partial charge in [-0.25, -0.2) is 0 Å². The van der Waals surface area contributed by atoms with Gasteiger partial charge >= 0.3 is 0 Å². The van der Waals surface area contributed by atoms with Crippen molar-refractivity contribution in [1.82, 2.24) is 9.80 Å². The maximum absolute atomic E-state index is 9.41. The van der Waals surface area contributed by atoms with Gasteiger partial charge in [0.15, 0.2) is 0 Å². The fourth-order valence-electron chi connectivity index (χ4n) is 2.45. The van der Waals surface area contributed by atoms with Crippen LogP contribution < -0.4 is 0 Å². The van der Waals surface area contributed by atoms with E-state index >= 15 is 0 Å². The molecule has 0 bridgehead atoms. The lowest BCUT2D eigenvalue weighted by molar-refractivity contribution is 0.0477. The first-order valence-electron chi connectivity index (χ1n) is 6.32. The maximum atomic E-state index is 9.41. The molecule has 4 heteroatoms. The van der Waals surface area contributed by atoms with Crippen molar-refractivity contribution in [2.75, 3.05) is 26.2 Å². The minimum absolute atomic E-state index is 0.217. The molecule has 1 aliphatic heterocycles. The van der Waals surface area contributed by atoms with E-state index in [1.165, 1.54) is 4.88 Å². The number of hydrogen-bond acceptors (Lipinski definition) is 4. The van der Waals surface area contributed by atoms with Crippen LogP contribution in [0.4, 0.5) is 0 Å². The molecule has 3 nitrogen and oxygen atoms in total. The fraction of sp³-hybridized carbons (Fsp3) is 0.692. The summed E-state index contributed by atoms with van der Waals surface area (Å²) in [6, 6.07) is 4.90. The van der Waals surface area contributed by atoms with E-state index in [4.69, 9.17) is 0 Å². The summed E-state index contributed by atoms with van der Waals surface area (Å²) in [5, 5.41) is 11.6. The van der Waals surface area contributed by atoms with Crippen LogP contribution in [0.15, 0.2) is 17.5 Å². The van der Waals surface area contributed by atoms with Crippen LogP contribution in [0.1, 0.15) is 18.7 Å². The normalized spacial score (nSPS) is 25.0. The van der Waals surface area contributed by atoms with E-state index in [1.54, 1.807) is 0 Å². The van der Waals surface area contributed by atoms with E-state index in [1.807, 2.05) is 18.3 Å². The molecule has 1 aromatic heterocycles. The van der Waals surface area contributed by atoms with Gasteiger partial charge in [-0.05, 0) is 25.3 Å². The Bertz CT molecular complexity index is 326. The maximum Gasteiger partial charge on any atom is 0.0639 e. The first kappa shape index (κ1) is 13.0. The van der Waals surface area contributed by atoms with E-state index in [9.17, 15) is 5.11 Å². The lowest BCUT2D eigenvalue weighted by Gasteiger charge is -2.40. The SMILES string of the molecule is C[C@H](O)CN1CCN(Cc2cccs2)[C@H](C)C1. The zero-order valence-corrected chi connectivity index (χ0v) is 11.5. The van der Waals surface area contributed by atoms with Crippen molar-refractivity contribution < 1.29 is 5.11 Å². The molecule has 0 aromatic carbocycles. The van der Waals surface area contributed by atoms with Gasteiger partial charge in [-0.15, -0.1) is 11.3 Å². The fourth-order valence-corrected chi connectivity index (χ4v) is 3.18. The summed E-state index contributed by atoms with van der Waals surface area (Å²) in [6.07, 6.45) is -0.217. The quantitative estimate of drug-likeness (QED) is 0.885. The average molecular weight is 254 g/mol. The second kappa shape index (κ2) is 5.96. The largest absolute Gasteiger partial charge is 0.392 e. The molecule has 2 atom stereocenters. The van der Waals surface area contributed by atoms with Gasteiger partial charge in [0.1, 0.15) is 0 Å². The summed E-state index contributed by atoms with van der Waals surface area (Å²) in [6.45, 7) is 9.26. The van der Waals surface area contributed by atoms with Crippen molar-refractivity contribution in [3.8, 4) is 0 Å². The van der Waals surface area contributed by atoms with Crippen LogP contribution in [0.5, 0.6) is 0 Å². The average Bonchev–Trinajstić information content (AvgIpc) is 2.74. The third-order valence-corrected chi connectivity index (χ3v) is 4.17. The van der Waals surface area contributed by atoms with Gasteiger partial charge in [-0.3, -0.25) is 9.80 Å². The monoisotopic (exact) mass is 254 g/mol. The van der Waals surface area contributed by atoms with E-state index in [-0.39, 0.29) is 6.10 Å². The number of aliphatic hydroxyl groups excluding tert-OH is 1. The summed E-state index contributed by atoms with van der Waals surface area (Å²) in [7, 11) is 0. The molecule has 1 aromatic rings. The van der Waals surface area contributed by atoms with Crippen LogP contribution in [0.2, 0.25) is 0 Å². The molecular weight excluding hydrogens is 232 g/mol. The minimum atomic E-state index is -0.217. The lowest BCUT2D eigenvalue weighted by Crippen LogP contribution is -2.52. The van der Waals surface area contributed by atoms with Crippen LogP contribution in [-0.4, -0.2) is 53.2 Å². The van der Waals surface area contributed by atoms with E-state index in [0.717, 1.165) is 32.7 Å². The molecule has 0 aliphatic carbocycles. The summed E-state index contributed by atoms with van der Waals surface area (Å²) < 4.78 is 0. The number of β-amino-alcohol motifs (C(OH)–C–C–N with tert-alkyl or cyclic N) is 1. The Balaban J connectivity index is 1.83. The molecule has 0 radical (unpaired) electrons. The molecule has 1 N–H and O–H groups in total. The first-order valence-corrected chi connectivity index (χ1v) is 7.20. The van der Waals surface area contributed by atoms with Gasteiger partial charge in [-0.2, -0.15) is 0 Å². The molecule has 0 amide bonds. The highest BCUT2D eigenvalue weighted by Gasteiger charge is 2.24. The topological polar surface area (TPSA) is 26.7 Å². The molecule has 1 aliphatic rings. The molecule has 0 spiro atoms. The molecule has 1 saturated heterocycles. The highest BCUT2D eigenvalue weighted by Crippen LogP contribution is 2.17. The molecule has 17 heavy (non-hydrogen) atoms. The minimum Gasteiger partial charge on any atom is -0.392 e. The third kappa shape index (κ3) is 3.78. The Labute approximate surface area is 108 Å². The van der Waals surface area contributed by atoms with Crippen LogP contribution in [0.3, 0.4) is 0 Å². The highest BCUT2D eigenvalue weighted by atomic mass is 32.1. The molecule has 2 heterocycles. The van der Waals surface area contributed by atoms with Gasteiger partial charge in [0.25, 0.3) is 0 Å². The highest BCUT2D eigenvalue weighted by molar-refractivity contribution is 7.09. The van der Waals surface area contributed by atoms with Crippen LogP contribution in [0, 0.1) is 0 Å². The van der Waals surface area contributed by atoms with Gasteiger partial charge in [0.05, 0.1) is 6.10 Å². The zero-order chi connectivity index (χ0) is 12.3. The number of aliphatic hydroxyl groups is 1. The van der Waals surface area contributed by atoms with Gasteiger partial charge in [-0.1, -0.05) is 6.07 Å². The number of rotatable bonds is 4. The Morgan fingerprint density at radius 2 is 2.35 bits per heavy atom. The number of thiophene rings is 1. The van der Waals surface area contributed by atoms with Crippen molar-refractivity contribution >= 4 is 11.3 Å². The van der Waals surface area contributed by atoms with Gasteiger partial charge in [0, 0.05) is 43.6 Å². The Morgan fingerprint density at radius 3 is 2.94 bits per heavy atom. The second-order valence-electron chi connectivity index (χ2n) is 5.01. The van der Waals surface area contributed by atoms with Crippen LogP contribution >= 0.6 is 11.3 Å². The summed E-state index contributed by atoms with van der Waals surface area (Å²) >= 11 is 1.83. The van der Waals surface area contributed by atoms with E-state index in [0.29, 0.717) is 6.04 Å². The van der Waals surface area contributed by atoms with Crippen molar-refractivity contribution in [2.24, 2.45) is 0 Å². The molecule has 0 unspecified atom stereocenters. The Hall–Kier alpha value is -0.420. The molecule has 2 rings (SSSR count). The molecular formula is C13H22N2OS. The molecule has 0 saturated carbocycles. The van der Waals surface area contributed by atoms with Crippen molar-refractivity contribution in [1.29, 1.82) is 0 Å². The zero-order valence-electron chi connectivity index (χ0n) is 10.7. The number of nitrogens with zero attached hydrogens (tertiary/aromatic N) is 2. The number of hydrogen-bond donors (Lipinski definition) is 1. The summed E-state index contributed by atoms with van der Waals surface area (Å²) in [5.41, 5.74) is 0. The van der Waals surface area contributed by atoms with E-state index in [2.05, 4.69) is 34.2 Å². The van der Waals surface area contributed by atoms with E-state index < -0.39 is 0 Å². The van der Waals surface area contributed by atoms with Crippen molar-refractivity contribution in [3.63, 3.8) is 0 Å². The van der Waals surface area contributed by atoms with Crippen molar-refractivity contribution in [2.45, 2.75) is 32.5 Å². The smallest absolute Gasteiger partial charge is 0.0639 e. The number of piperazine rings is 1. The van der Waals surface area contributed by atoms with Gasteiger partial charge < -0.3 is 5.11 Å². The van der Waals surface area contributed by atoms with Crippen LogP contribution in [-0.2, 0) is 6.54 Å². The first-order chi connectivity index (χ1) is 8.15. The summed E-state index contributed by atoms with van der Waals surface area (Å²) in [4.78, 5) is 6.34. The predicted molar refractivity (Wildman–Crippen MR) is 72.3 cm³/mol. The van der Waals surface area contributed by atoms with Crippen molar-refractivity contribution in [3.05, 3.63) is 22.4 Å². The summed E-state index contributed by atoms with van der Waals surface area (Å²) in [5.74, 6) is 0. The second-order valence-corrected chi connectivity index (χ2v) is 6.04.